The van der Waals surface area contributed by atoms with Crippen LogP contribution in [0.5, 0.6) is 0 Å². The first-order valence-corrected chi connectivity index (χ1v) is 8.71. The fourth-order valence-electron chi connectivity index (χ4n) is 3.21. The minimum atomic E-state index is 0.174. The zero-order chi connectivity index (χ0) is 15.8. The number of nitrogens with one attached hydrogen (secondary N) is 1. The molecule has 3 heteroatoms. The van der Waals surface area contributed by atoms with Gasteiger partial charge in [-0.1, -0.05) is 36.2 Å². The number of hydrogen-bond donors (Lipinski definition) is 1. The van der Waals surface area contributed by atoms with Crippen molar-refractivity contribution in [2.45, 2.75) is 58.4 Å². The number of amides is 1. The molecule has 0 aromatic heterocycles. The lowest BCUT2D eigenvalue weighted by Gasteiger charge is -2.33. The Bertz CT molecular complexity index is 472. The number of carbonyl (C=O) groups is 1. The third kappa shape index (κ3) is 5.80. The van der Waals surface area contributed by atoms with E-state index in [-0.39, 0.29) is 5.91 Å². The second-order valence-electron chi connectivity index (χ2n) is 6.57. The van der Waals surface area contributed by atoms with E-state index in [1.807, 2.05) is 0 Å². The number of carbonyl (C=O) groups excluding carboxylic acids is 1. The second-order valence-corrected chi connectivity index (χ2v) is 6.57. The largest absolute Gasteiger partial charge is 0.356 e. The molecule has 2 rings (SSSR count). The summed E-state index contributed by atoms with van der Waals surface area (Å²) in [7, 11) is 0. The predicted molar refractivity (Wildman–Crippen MR) is 92.0 cm³/mol. The Labute approximate surface area is 135 Å². The molecule has 0 bridgehead atoms. The Balaban J connectivity index is 1.57. The Morgan fingerprint density at radius 3 is 3.00 bits per heavy atom. The van der Waals surface area contributed by atoms with Crippen LogP contribution in [0.25, 0.3) is 0 Å². The minimum absolute atomic E-state index is 0.174. The van der Waals surface area contributed by atoms with E-state index in [2.05, 4.69) is 48.3 Å². The van der Waals surface area contributed by atoms with Crippen LogP contribution in [-0.4, -0.2) is 36.5 Å². The fraction of sp³-hybridized carbons (Fsp3) is 0.632. The van der Waals surface area contributed by atoms with Crippen LogP contribution in [0.15, 0.2) is 24.3 Å². The van der Waals surface area contributed by atoms with Crippen LogP contribution in [0.3, 0.4) is 0 Å². The number of piperidine rings is 1. The van der Waals surface area contributed by atoms with E-state index in [4.69, 9.17) is 0 Å². The molecule has 0 radical (unpaired) electrons. The van der Waals surface area contributed by atoms with E-state index >= 15 is 0 Å². The van der Waals surface area contributed by atoms with E-state index in [1.165, 1.54) is 36.9 Å². The summed E-state index contributed by atoms with van der Waals surface area (Å²) in [6.07, 6.45) is 6.49. The number of aryl methyl sites for hydroxylation is 2. The zero-order valence-electron chi connectivity index (χ0n) is 14.1. The smallest absolute Gasteiger partial charge is 0.220 e. The van der Waals surface area contributed by atoms with Gasteiger partial charge in [0.25, 0.3) is 0 Å². The molecule has 1 unspecified atom stereocenters. The first-order chi connectivity index (χ1) is 10.6. The lowest BCUT2D eigenvalue weighted by Crippen LogP contribution is -2.39. The molecule has 122 valence electrons. The van der Waals surface area contributed by atoms with Gasteiger partial charge in [-0.15, -0.1) is 0 Å². The number of likely N-dealkylation sites (tertiary alicyclic amines) is 1. The average Bonchev–Trinajstić information content (AvgIpc) is 2.51. The molecule has 1 N–H and O–H groups in total. The summed E-state index contributed by atoms with van der Waals surface area (Å²) in [5.41, 5.74) is 2.51. The molecule has 3 nitrogen and oxygen atoms in total. The minimum Gasteiger partial charge on any atom is -0.356 e. The molecular weight excluding hydrogens is 272 g/mol. The molecule has 1 heterocycles. The Hall–Kier alpha value is -1.35. The van der Waals surface area contributed by atoms with E-state index in [0.717, 1.165) is 25.9 Å². The lowest BCUT2D eigenvalue weighted by atomic mass is 10.0. The van der Waals surface area contributed by atoms with Crippen molar-refractivity contribution in [2.75, 3.05) is 19.6 Å². The molecule has 1 atom stereocenters. The normalized spacial score (nSPS) is 19.1. The molecule has 0 saturated carbocycles. The van der Waals surface area contributed by atoms with Crippen molar-refractivity contribution in [1.82, 2.24) is 10.2 Å². The van der Waals surface area contributed by atoms with Crippen molar-refractivity contribution in [1.29, 1.82) is 0 Å². The van der Waals surface area contributed by atoms with Crippen LogP contribution in [0.2, 0.25) is 0 Å². The van der Waals surface area contributed by atoms with Crippen LogP contribution in [0.1, 0.15) is 50.2 Å². The molecule has 1 amide bonds. The highest BCUT2D eigenvalue weighted by atomic mass is 16.1. The number of nitrogens with zero attached hydrogens (tertiary/aromatic N) is 1. The first-order valence-electron chi connectivity index (χ1n) is 8.71. The van der Waals surface area contributed by atoms with Crippen LogP contribution < -0.4 is 5.32 Å². The maximum atomic E-state index is 11.9. The number of hydrogen-bond acceptors (Lipinski definition) is 2. The van der Waals surface area contributed by atoms with Crippen LogP contribution in [-0.2, 0) is 11.2 Å². The summed E-state index contributed by atoms with van der Waals surface area (Å²) in [5, 5.41) is 3.06. The summed E-state index contributed by atoms with van der Waals surface area (Å²) < 4.78 is 0. The zero-order valence-corrected chi connectivity index (χ0v) is 14.1. The first kappa shape index (κ1) is 17.0. The van der Waals surface area contributed by atoms with Gasteiger partial charge in [-0.05, 0) is 51.6 Å². The second kappa shape index (κ2) is 8.94. The molecule has 1 aromatic rings. The predicted octanol–water partition coefficient (Wildman–Crippen LogP) is 3.31. The van der Waals surface area contributed by atoms with E-state index in [1.54, 1.807) is 0 Å². The average molecular weight is 302 g/mol. The van der Waals surface area contributed by atoms with Crippen LogP contribution in [0.4, 0.5) is 0 Å². The third-order valence-corrected chi connectivity index (χ3v) is 4.61. The maximum absolute atomic E-state index is 11.9. The Morgan fingerprint density at radius 1 is 1.36 bits per heavy atom. The van der Waals surface area contributed by atoms with E-state index < -0.39 is 0 Å². The van der Waals surface area contributed by atoms with Gasteiger partial charge < -0.3 is 10.2 Å². The number of benzene rings is 1. The third-order valence-electron chi connectivity index (χ3n) is 4.61. The van der Waals surface area contributed by atoms with Crippen molar-refractivity contribution in [2.24, 2.45) is 0 Å². The van der Waals surface area contributed by atoms with Gasteiger partial charge in [0.1, 0.15) is 0 Å². The molecule has 22 heavy (non-hydrogen) atoms. The molecular formula is C19H30N2O. The summed E-state index contributed by atoms with van der Waals surface area (Å²) in [6.45, 7) is 7.54. The van der Waals surface area contributed by atoms with Gasteiger partial charge in [0.05, 0.1) is 0 Å². The molecule has 1 aromatic carbocycles. The number of rotatable bonds is 7. The van der Waals surface area contributed by atoms with Gasteiger partial charge in [-0.2, -0.15) is 0 Å². The Kier molecular flexibility index (Phi) is 6.91. The van der Waals surface area contributed by atoms with Crippen molar-refractivity contribution >= 4 is 5.91 Å². The van der Waals surface area contributed by atoms with Gasteiger partial charge >= 0.3 is 0 Å². The fourth-order valence-corrected chi connectivity index (χ4v) is 3.21. The molecule has 0 aliphatic carbocycles. The van der Waals surface area contributed by atoms with Crippen LogP contribution >= 0.6 is 0 Å². The van der Waals surface area contributed by atoms with E-state index in [0.29, 0.717) is 12.5 Å². The summed E-state index contributed by atoms with van der Waals surface area (Å²) >= 11 is 0. The topological polar surface area (TPSA) is 32.3 Å². The van der Waals surface area contributed by atoms with Gasteiger partial charge in [0.2, 0.25) is 5.91 Å². The highest BCUT2D eigenvalue weighted by Crippen LogP contribution is 2.16. The molecule has 0 spiro atoms. The molecule has 1 aliphatic rings. The quantitative estimate of drug-likeness (QED) is 0.784. The van der Waals surface area contributed by atoms with Gasteiger partial charge in [-0.25, -0.2) is 0 Å². The lowest BCUT2D eigenvalue weighted by molar-refractivity contribution is -0.121. The molecule has 1 aliphatic heterocycles. The van der Waals surface area contributed by atoms with Crippen molar-refractivity contribution in [3.05, 3.63) is 35.4 Å². The molecule has 1 saturated heterocycles. The highest BCUT2D eigenvalue weighted by Gasteiger charge is 2.17. The summed E-state index contributed by atoms with van der Waals surface area (Å²) in [6, 6.07) is 9.11. The van der Waals surface area contributed by atoms with Crippen molar-refractivity contribution in [3.63, 3.8) is 0 Å². The SMILES string of the molecule is Cc1cccc(CCC(=O)NCCCN2CCCCC2C)c1. The van der Waals surface area contributed by atoms with Gasteiger partial charge in [0, 0.05) is 25.6 Å². The van der Waals surface area contributed by atoms with Crippen molar-refractivity contribution in [3.8, 4) is 0 Å². The highest BCUT2D eigenvalue weighted by molar-refractivity contribution is 5.76. The Morgan fingerprint density at radius 2 is 2.23 bits per heavy atom. The van der Waals surface area contributed by atoms with Crippen molar-refractivity contribution < 1.29 is 4.79 Å². The maximum Gasteiger partial charge on any atom is 0.220 e. The summed E-state index contributed by atoms with van der Waals surface area (Å²) in [4.78, 5) is 14.4. The van der Waals surface area contributed by atoms with Gasteiger partial charge in [-0.3, -0.25) is 4.79 Å². The van der Waals surface area contributed by atoms with Gasteiger partial charge in [0.15, 0.2) is 0 Å². The molecule has 1 fully saturated rings. The van der Waals surface area contributed by atoms with Crippen LogP contribution in [0, 0.1) is 6.92 Å². The monoisotopic (exact) mass is 302 g/mol. The summed E-state index contributed by atoms with van der Waals surface area (Å²) in [5.74, 6) is 0.174. The van der Waals surface area contributed by atoms with E-state index in [9.17, 15) is 4.79 Å². The standard InChI is InChI=1S/C19H30N2O/c1-16-7-5-9-18(15-16)10-11-19(22)20-12-6-14-21-13-4-3-8-17(21)2/h5,7,9,15,17H,3-4,6,8,10-14H2,1-2H3,(H,20,22).